The summed E-state index contributed by atoms with van der Waals surface area (Å²) in [5.74, 6) is -0.856. The monoisotopic (exact) mass is 274 g/mol. The fourth-order valence-corrected chi connectivity index (χ4v) is 2.25. The number of rotatable bonds is 8. The van der Waals surface area contributed by atoms with Crippen LogP contribution in [0.3, 0.4) is 0 Å². The number of thioether (sulfide) groups is 1. The number of hydrogen-bond donors (Lipinski definition) is 1. The van der Waals surface area contributed by atoms with E-state index in [2.05, 4.69) is 4.98 Å². The van der Waals surface area contributed by atoms with Crippen LogP contribution in [0.15, 0.2) is 11.4 Å². The Kier molecular flexibility index (Phi) is 6.17. The molecule has 1 aromatic heterocycles. The quantitative estimate of drug-likeness (QED) is 0.714. The summed E-state index contributed by atoms with van der Waals surface area (Å²) in [4.78, 5) is 14.9. The highest BCUT2D eigenvalue weighted by Crippen LogP contribution is 2.18. The molecule has 1 atom stereocenters. The van der Waals surface area contributed by atoms with Crippen molar-refractivity contribution in [2.75, 3.05) is 26.6 Å². The second-order valence-electron chi connectivity index (χ2n) is 3.81. The normalized spacial score (nSPS) is 12.6. The molecule has 0 fully saturated rings. The third-order valence-electron chi connectivity index (χ3n) is 2.27. The Morgan fingerprint density at radius 1 is 1.61 bits per heavy atom. The standard InChI is InChI=1S/C11H18N2O4S/c1-8-4-13(5-9(17-3)6-16-2)11(12-8)18-7-10(14)15/h4,9H,5-7H2,1-3H3,(H,14,15). The number of aryl methyl sites for hydroxylation is 1. The van der Waals surface area contributed by atoms with Crippen LogP contribution in [0.4, 0.5) is 0 Å². The number of hydrogen-bond acceptors (Lipinski definition) is 5. The van der Waals surface area contributed by atoms with E-state index >= 15 is 0 Å². The summed E-state index contributed by atoms with van der Waals surface area (Å²) in [5.41, 5.74) is 0.857. The second-order valence-corrected chi connectivity index (χ2v) is 4.76. The molecule has 0 saturated heterocycles. The molecule has 1 aromatic rings. The fraction of sp³-hybridized carbons (Fsp3) is 0.636. The molecule has 0 spiro atoms. The molecule has 18 heavy (non-hydrogen) atoms. The van der Waals surface area contributed by atoms with Crippen LogP contribution < -0.4 is 0 Å². The third-order valence-corrected chi connectivity index (χ3v) is 3.25. The molecular weight excluding hydrogens is 256 g/mol. The first-order valence-corrected chi connectivity index (χ1v) is 6.45. The van der Waals surface area contributed by atoms with E-state index in [1.807, 2.05) is 17.7 Å². The molecule has 1 unspecified atom stereocenters. The molecule has 0 aliphatic carbocycles. The molecule has 102 valence electrons. The summed E-state index contributed by atoms with van der Waals surface area (Å²) in [5, 5.41) is 9.37. The van der Waals surface area contributed by atoms with Gasteiger partial charge in [-0.25, -0.2) is 4.98 Å². The lowest BCUT2D eigenvalue weighted by Gasteiger charge is -2.16. The molecule has 0 saturated carbocycles. The summed E-state index contributed by atoms with van der Waals surface area (Å²) in [6, 6.07) is 0. The van der Waals surface area contributed by atoms with Crippen molar-refractivity contribution in [2.45, 2.75) is 24.7 Å². The number of carboxylic acids is 1. The zero-order valence-corrected chi connectivity index (χ0v) is 11.6. The summed E-state index contributed by atoms with van der Waals surface area (Å²) in [6.07, 6.45) is 1.80. The summed E-state index contributed by atoms with van der Waals surface area (Å²) < 4.78 is 12.2. The Labute approximate surface area is 110 Å². The Morgan fingerprint density at radius 3 is 2.89 bits per heavy atom. The van der Waals surface area contributed by atoms with Gasteiger partial charge in [-0.2, -0.15) is 0 Å². The molecule has 0 radical (unpaired) electrons. The van der Waals surface area contributed by atoms with Crippen LogP contribution >= 0.6 is 11.8 Å². The lowest BCUT2D eigenvalue weighted by Crippen LogP contribution is -2.23. The average Bonchev–Trinajstić information content (AvgIpc) is 2.66. The Bertz CT molecular complexity index is 394. The number of nitrogens with zero attached hydrogens (tertiary/aromatic N) is 2. The molecule has 1 heterocycles. The van der Waals surface area contributed by atoms with Gasteiger partial charge in [-0.15, -0.1) is 0 Å². The highest BCUT2D eigenvalue weighted by Gasteiger charge is 2.13. The van der Waals surface area contributed by atoms with Crippen LogP contribution in [0.5, 0.6) is 0 Å². The van der Waals surface area contributed by atoms with Gasteiger partial charge in [0.2, 0.25) is 0 Å². The number of ether oxygens (including phenoxy) is 2. The Hall–Kier alpha value is -1.05. The van der Waals surface area contributed by atoms with Gasteiger partial charge in [-0.05, 0) is 6.92 Å². The molecule has 0 aromatic carbocycles. The molecule has 7 heteroatoms. The van der Waals surface area contributed by atoms with Gasteiger partial charge in [0.15, 0.2) is 5.16 Å². The van der Waals surface area contributed by atoms with Gasteiger partial charge in [-0.3, -0.25) is 4.79 Å². The topological polar surface area (TPSA) is 73.6 Å². The van der Waals surface area contributed by atoms with Gasteiger partial charge >= 0.3 is 5.97 Å². The van der Waals surface area contributed by atoms with Crippen LogP contribution in [-0.2, 0) is 20.8 Å². The Morgan fingerprint density at radius 2 is 2.33 bits per heavy atom. The maximum atomic E-state index is 10.6. The molecular formula is C11H18N2O4S. The molecule has 0 bridgehead atoms. The van der Waals surface area contributed by atoms with Crippen molar-refractivity contribution in [1.82, 2.24) is 9.55 Å². The van der Waals surface area contributed by atoms with Gasteiger partial charge in [0, 0.05) is 20.4 Å². The molecule has 0 amide bonds. The average molecular weight is 274 g/mol. The fourth-order valence-electron chi connectivity index (χ4n) is 1.50. The predicted octanol–water partition coefficient (Wildman–Crippen LogP) is 1.03. The molecule has 6 nitrogen and oxygen atoms in total. The summed E-state index contributed by atoms with van der Waals surface area (Å²) >= 11 is 1.20. The van der Waals surface area contributed by atoms with E-state index in [-0.39, 0.29) is 11.9 Å². The van der Waals surface area contributed by atoms with E-state index < -0.39 is 5.97 Å². The first kappa shape index (κ1) is 15.0. The van der Waals surface area contributed by atoms with Gasteiger partial charge < -0.3 is 19.1 Å². The van der Waals surface area contributed by atoms with Gasteiger partial charge in [-0.1, -0.05) is 11.8 Å². The van der Waals surface area contributed by atoms with Crippen molar-refractivity contribution in [2.24, 2.45) is 0 Å². The lowest BCUT2D eigenvalue weighted by atomic mass is 10.3. The van der Waals surface area contributed by atoms with Gasteiger partial charge in [0.25, 0.3) is 0 Å². The van der Waals surface area contributed by atoms with Gasteiger partial charge in [0.1, 0.15) is 0 Å². The zero-order chi connectivity index (χ0) is 13.5. The highest BCUT2D eigenvalue weighted by molar-refractivity contribution is 7.99. The first-order valence-electron chi connectivity index (χ1n) is 5.47. The van der Waals surface area contributed by atoms with Gasteiger partial charge in [0.05, 0.1) is 30.7 Å². The minimum Gasteiger partial charge on any atom is -0.481 e. The minimum absolute atomic E-state index is 0.00161. The maximum Gasteiger partial charge on any atom is 0.313 e. The number of methoxy groups -OCH3 is 2. The lowest BCUT2D eigenvalue weighted by molar-refractivity contribution is -0.133. The number of imidazole rings is 1. The van der Waals surface area contributed by atoms with Crippen molar-refractivity contribution in [3.05, 3.63) is 11.9 Å². The van der Waals surface area contributed by atoms with E-state index in [9.17, 15) is 4.79 Å². The molecule has 1 N–H and O–H groups in total. The number of aromatic nitrogens is 2. The van der Waals surface area contributed by atoms with E-state index in [0.29, 0.717) is 18.3 Å². The number of carbonyl (C=O) groups is 1. The SMILES string of the molecule is COCC(Cn1cc(C)nc1SCC(=O)O)OC. The minimum atomic E-state index is -0.854. The van der Waals surface area contributed by atoms with Crippen molar-refractivity contribution in [3.8, 4) is 0 Å². The Balaban J connectivity index is 2.71. The van der Waals surface area contributed by atoms with Crippen molar-refractivity contribution < 1.29 is 19.4 Å². The molecule has 0 aliphatic rings. The zero-order valence-electron chi connectivity index (χ0n) is 10.8. The summed E-state index contributed by atoms with van der Waals surface area (Å²) in [7, 11) is 3.24. The molecule has 1 rings (SSSR count). The predicted molar refractivity (Wildman–Crippen MR) is 68.0 cm³/mol. The second kappa shape index (κ2) is 7.40. The largest absolute Gasteiger partial charge is 0.481 e. The maximum absolute atomic E-state index is 10.6. The van der Waals surface area contributed by atoms with E-state index in [4.69, 9.17) is 14.6 Å². The van der Waals surface area contributed by atoms with E-state index in [1.165, 1.54) is 11.8 Å². The van der Waals surface area contributed by atoms with Crippen molar-refractivity contribution in [3.63, 3.8) is 0 Å². The van der Waals surface area contributed by atoms with E-state index in [1.54, 1.807) is 14.2 Å². The molecule has 0 aliphatic heterocycles. The van der Waals surface area contributed by atoms with Crippen molar-refractivity contribution in [1.29, 1.82) is 0 Å². The van der Waals surface area contributed by atoms with Crippen LogP contribution in [0.2, 0.25) is 0 Å². The van der Waals surface area contributed by atoms with Crippen LogP contribution in [-0.4, -0.2) is 53.3 Å². The van der Waals surface area contributed by atoms with Crippen LogP contribution in [0, 0.1) is 6.92 Å². The van der Waals surface area contributed by atoms with Crippen LogP contribution in [0.1, 0.15) is 5.69 Å². The summed E-state index contributed by atoms with van der Waals surface area (Å²) in [6.45, 7) is 2.95. The van der Waals surface area contributed by atoms with E-state index in [0.717, 1.165) is 5.69 Å². The van der Waals surface area contributed by atoms with Crippen LogP contribution in [0.25, 0.3) is 0 Å². The number of aliphatic carboxylic acids is 1. The highest BCUT2D eigenvalue weighted by atomic mass is 32.2. The smallest absolute Gasteiger partial charge is 0.313 e. The third kappa shape index (κ3) is 4.67. The van der Waals surface area contributed by atoms with Crippen molar-refractivity contribution >= 4 is 17.7 Å². The number of carboxylic acid groups (broad SMARTS) is 1. The first-order chi connectivity index (χ1) is 8.56.